The highest BCUT2D eigenvalue weighted by Gasteiger charge is 2.28. The Morgan fingerprint density at radius 1 is 1.35 bits per heavy atom. The number of aryl methyl sites for hydroxylation is 1. The number of tetrazole rings is 1. The zero-order chi connectivity index (χ0) is 13.8. The maximum Gasteiger partial charge on any atom is 0.162 e. The number of aromatic nitrogens is 4. The third kappa shape index (κ3) is 2.72. The molecule has 106 valence electrons. The Labute approximate surface area is 119 Å². The van der Waals surface area contributed by atoms with Crippen LogP contribution < -0.4 is 5.32 Å². The molecule has 2 unspecified atom stereocenters. The van der Waals surface area contributed by atoms with Gasteiger partial charge in [-0.3, -0.25) is 0 Å². The van der Waals surface area contributed by atoms with Crippen molar-refractivity contribution in [3.63, 3.8) is 0 Å². The molecule has 0 amide bonds. The highest BCUT2D eigenvalue weighted by Crippen LogP contribution is 2.33. The van der Waals surface area contributed by atoms with Crippen molar-refractivity contribution >= 4 is 0 Å². The van der Waals surface area contributed by atoms with Gasteiger partial charge in [-0.2, -0.15) is 4.80 Å². The normalized spacial score (nSPS) is 19.6. The molecule has 0 fully saturated rings. The first-order valence-corrected chi connectivity index (χ1v) is 7.32. The van der Waals surface area contributed by atoms with Gasteiger partial charge in [-0.15, -0.1) is 10.2 Å². The van der Waals surface area contributed by atoms with Gasteiger partial charge in [0.2, 0.25) is 0 Å². The van der Waals surface area contributed by atoms with Crippen molar-refractivity contribution in [2.75, 3.05) is 13.6 Å². The molecular weight excluding hydrogens is 250 g/mol. The van der Waals surface area contributed by atoms with E-state index in [1.54, 1.807) is 4.80 Å². The fraction of sp³-hybridized carbons (Fsp3) is 0.533. The SMILES string of the molecule is CNCCC(C1CCc2ccccc2C1)n1ncnn1. The molecule has 0 saturated carbocycles. The Hall–Kier alpha value is -1.75. The van der Waals surface area contributed by atoms with E-state index in [1.807, 2.05) is 7.05 Å². The van der Waals surface area contributed by atoms with E-state index in [0.717, 1.165) is 25.8 Å². The number of hydrogen-bond donors (Lipinski definition) is 1. The van der Waals surface area contributed by atoms with E-state index in [0.29, 0.717) is 12.0 Å². The van der Waals surface area contributed by atoms with Crippen molar-refractivity contribution in [2.24, 2.45) is 5.92 Å². The van der Waals surface area contributed by atoms with Gasteiger partial charge < -0.3 is 5.32 Å². The summed E-state index contributed by atoms with van der Waals surface area (Å²) >= 11 is 0. The number of nitrogens with one attached hydrogen (secondary N) is 1. The largest absolute Gasteiger partial charge is 0.320 e. The number of rotatable bonds is 5. The van der Waals surface area contributed by atoms with Crippen molar-refractivity contribution in [3.05, 3.63) is 41.7 Å². The Morgan fingerprint density at radius 2 is 2.20 bits per heavy atom. The van der Waals surface area contributed by atoms with Gasteiger partial charge in [0.15, 0.2) is 6.33 Å². The molecule has 1 heterocycles. The minimum Gasteiger partial charge on any atom is -0.320 e. The molecule has 0 radical (unpaired) electrons. The molecule has 20 heavy (non-hydrogen) atoms. The molecule has 1 aliphatic rings. The Balaban J connectivity index is 1.79. The fourth-order valence-corrected chi connectivity index (χ4v) is 3.21. The van der Waals surface area contributed by atoms with Gasteiger partial charge in [0.25, 0.3) is 0 Å². The number of benzene rings is 1. The van der Waals surface area contributed by atoms with Crippen LogP contribution in [0.5, 0.6) is 0 Å². The lowest BCUT2D eigenvalue weighted by Crippen LogP contribution is -2.29. The van der Waals surface area contributed by atoms with E-state index < -0.39 is 0 Å². The molecule has 2 aromatic rings. The fourth-order valence-electron chi connectivity index (χ4n) is 3.21. The Morgan fingerprint density at radius 3 is 2.95 bits per heavy atom. The van der Waals surface area contributed by atoms with Gasteiger partial charge in [0.05, 0.1) is 6.04 Å². The van der Waals surface area contributed by atoms with Crippen LogP contribution in [-0.2, 0) is 12.8 Å². The van der Waals surface area contributed by atoms with E-state index >= 15 is 0 Å². The highest BCUT2D eigenvalue weighted by atomic mass is 15.6. The monoisotopic (exact) mass is 271 g/mol. The third-order valence-electron chi connectivity index (χ3n) is 4.28. The lowest BCUT2D eigenvalue weighted by atomic mass is 9.79. The molecule has 1 aromatic carbocycles. The van der Waals surface area contributed by atoms with E-state index in [2.05, 4.69) is 45.0 Å². The predicted molar refractivity (Wildman–Crippen MR) is 77.4 cm³/mol. The molecule has 1 aromatic heterocycles. The smallest absolute Gasteiger partial charge is 0.162 e. The molecule has 0 spiro atoms. The van der Waals surface area contributed by atoms with Crippen molar-refractivity contribution in [3.8, 4) is 0 Å². The first-order chi connectivity index (χ1) is 9.88. The van der Waals surface area contributed by atoms with Crippen molar-refractivity contribution in [1.29, 1.82) is 0 Å². The van der Waals surface area contributed by atoms with Gasteiger partial charge in [0.1, 0.15) is 0 Å². The average molecular weight is 271 g/mol. The van der Waals surface area contributed by atoms with Crippen molar-refractivity contribution < 1.29 is 0 Å². The zero-order valence-corrected chi connectivity index (χ0v) is 11.9. The first-order valence-electron chi connectivity index (χ1n) is 7.32. The second-order valence-corrected chi connectivity index (χ2v) is 5.49. The third-order valence-corrected chi connectivity index (χ3v) is 4.28. The van der Waals surface area contributed by atoms with Crippen LogP contribution in [0.4, 0.5) is 0 Å². The summed E-state index contributed by atoms with van der Waals surface area (Å²) in [5.41, 5.74) is 2.99. The van der Waals surface area contributed by atoms with Crippen LogP contribution in [0.25, 0.3) is 0 Å². The van der Waals surface area contributed by atoms with Crippen LogP contribution in [0.15, 0.2) is 30.6 Å². The molecular formula is C15H21N5. The minimum absolute atomic E-state index is 0.332. The summed E-state index contributed by atoms with van der Waals surface area (Å²) in [6, 6.07) is 9.11. The summed E-state index contributed by atoms with van der Waals surface area (Å²) in [7, 11) is 1.99. The van der Waals surface area contributed by atoms with Gasteiger partial charge in [-0.25, -0.2) is 0 Å². The Kier molecular flexibility index (Phi) is 4.06. The van der Waals surface area contributed by atoms with E-state index in [1.165, 1.54) is 23.9 Å². The van der Waals surface area contributed by atoms with Gasteiger partial charge in [-0.05, 0) is 61.5 Å². The zero-order valence-electron chi connectivity index (χ0n) is 11.9. The Bertz CT molecular complexity index is 537. The van der Waals surface area contributed by atoms with Crippen molar-refractivity contribution in [2.45, 2.75) is 31.7 Å². The van der Waals surface area contributed by atoms with Crippen LogP contribution in [0.3, 0.4) is 0 Å². The van der Waals surface area contributed by atoms with Crippen LogP contribution in [0, 0.1) is 5.92 Å². The summed E-state index contributed by atoms with van der Waals surface area (Å²) < 4.78 is 0. The molecule has 0 saturated heterocycles. The van der Waals surface area contributed by atoms with Gasteiger partial charge in [-0.1, -0.05) is 24.3 Å². The van der Waals surface area contributed by atoms with Gasteiger partial charge in [0, 0.05) is 0 Å². The van der Waals surface area contributed by atoms with Gasteiger partial charge >= 0.3 is 0 Å². The maximum absolute atomic E-state index is 4.27. The molecule has 0 bridgehead atoms. The van der Waals surface area contributed by atoms with E-state index in [4.69, 9.17) is 0 Å². The molecule has 1 aliphatic carbocycles. The van der Waals surface area contributed by atoms with Crippen LogP contribution in [0.2, 0.25) is 0 Å². The lowest BCUT2D eigenvalue weighted by Gasteiger charge is -2.30. The number of nitrogens with zero attached hydrogens (tertiary/aromatic N) is 4. The maximum atomic E-state index is 4.27. The van der Waals surface area contributed by atoms with E-state index in [-0.39, 0.29) is 0 Å². The molecule has 0 aliphatic heterocycles. The summed E-state index contributed by atoms with van der Waals surface area (Å²) in [5, 5.41) is 15.5. The molecule has 3 rings (SSSR count). The van der Waals surface area contributed by atoms with Crippen LogP contribution in [-0.4, -0.2) is 33.8 Å². The quantitative estimate of drug-likeness (QED) is 0.898. The lowest BCUT2D eigenvalue weighted by molar-refractivity contribution is 0.237. The van der Waals surface area contributed by atoms with Crippen LogP contribution in [0.1, 0.15) is 30.0 Å². The van der Waals surface area contributed by atoms with Crippen molar-refractivity contribution in [1.82, 2.24) is 25.5 Å². The average Bonchev–Trinajstić information content (AvgIpc) is 3.02. The van der Waals surface area contributed by atoms with E-state index in [9.17, 15) is 0 Å². The second-order valence-electron chi connectivity index (χ2n) is 5.49. The molecule has 5 heteroatoms. The molecule has 1 N–H and O–H groups in total. The number of hydrogen-bond acceptors (Lipinski definition) is 4. The summed E-state index contributed by atoms with van der Waals surface area (Å²) in [5.74, 6) is 0.590. The standard InChI is InChI=1S/C15H21N5/c1-16-9-8-15(20-18-11-17-19-20)14-7-6-12-4-2-3-5-13(12)10-14/h2-5,11,14-16H,6-10H2,1H3. The predicted octanol–water partition coefficient (Wildman–Crippen LogP) is 1.63. The van der Waals surface area contributed by atoms with Crippen LogP contribution >= 0.6 is 0 Å². The highest BCUT2D eigenvalue weighted by molar-refractivity contribution is 5.29. The first kappa shape index (κ1) is 13.2. The molecule has 5 nitrogen and oxygen atoms in total. The topological polar surface area (TPSA) is 55.6 Å². The summed E-state index contributed by atoms with van der Waals surface area (Å²) in [6.45, 7) is 0.977. The minimum atomic E-state index is 0.332. The summed E-state index contributed by atoms with van der Waals surface area (Å²) in [6.07, 6.45) is 6.05. The number of fused-ring (bicyclic) bond motifs is 1. The second kappa shape index (κ2) is 6.13. The molecule has 2 atom stereocenters. The summed E-state index contributed by atoms with van der Waals surface area (Å²) in [4.78, 5) is 1.80.